The number of nitrogens with zero attached hydrogens (tertiary/aromatic N) is 6. The van der Waals surface area contributed by atoms with Crippen LogP contribution in [0.2, 0.25) is 5.02 Å². The largest absolute Gasteiger partial charge is 0.352 e. The molecule has 1 N–H and O–H groups in total. The van der Waals surface area contributed by atoms with Crippen molar-refractivity contribution in [3.05, 3.63) is 76.3 Å². The third-order valence-corrected chi connectivity index (χ3v) is 7.49. The quantitative estimate of drug-likeness (QED) is 0.313. The van der Waals surface area contributed by atoms with Crippen LogP contribution in [0.3, 0.4) is 0 Å². The zero-order chi connectivity index (χ0) is 27.3. The summed E-state index contributed by atoms with van der Waals surface area (Å²) in [6.07, 6.45) is 7.94. The van der Waals surface area contributed by atoms with Crippen molar-refractivity contribution in [2.24, 2.45) is 13.0 Å². The standard InChI is InChI=1S/C28H28ClN7O3/c1-16(37)19-11-24(34(2)14-19)26-22-13-31-28(32-25(38)10-17-4-5-17)33-27(22)36(39-3)35(26)15-18-8-9-30-23-7-6-20(29)12-21(18)23/h6-9,11-14,17,26H,4-5,10,15H2,1-3H3,(H,31,32,33,38). The number of amides is 1. The Morgan fingerprint density at radius 1 is 1.18 bits per heavy atom. The Labute approximate surface area is 230 Å². The van der Waals surface area contributed by atoms with Crippen molar-refractivity contribution in [1.29, 1.82) is 0 Å². The number of benzene rings is 1. The van der Waals surface area contributed by atoms with Crippen molar-refractivity contribution < 1.29 is 14.4 Å². The van der Waals surface area contributed by atoms with Crippen molar-refractivity contribution in [3.63, 3.8) is 0 Å². The number of hydrogen-bond donors (Lipinski definition) is 1. The van der Waals surface area contributed by atoms with Crippen LogP contribution in [-0.4, -0.2) is 43.3 Å². The fourth-order valence-corrected chi connectivity index (χ4v) is 5.30. The number of pyridine rings is 1. The predicted octanol–water partition coefficient (Wildman–Crippen LogP) is 4.85. The van der Waals surface area contributed by atoms with Crippen molar-refractivity contribution in [2.45, 2.75) is 38.8 Å². The topological polar surface area (TPSA) is 105 Å². The van der Waals surface area contributed by atoms with Crippen molar-refractivity contribution in [1.82, 2.24) is 24.5 Å². The second-order valence-electron chi connectivity index (χ2n) is 10.1. The van der Waals surface area contributed by atoms with Crippen molar-refractivity contribution in [2.75, 3.05) is 17.6 Å². The lowest BCUT2D eigenvalue weighted by molar-refractivity contribution is -0.116. The highest BCUT2D eigenvalue weighted by Crippen LogP contribution is 2.44. The number of hydrazine groups is 1. The summed E-state index contributed by atoms with van der Waals surface area (Å²) in [5, 5.41) is 8.01. The van der Waals surface area contributed by atoms with E-state index in [4.69, 9.17) is 21.4 Å². The highest BCUT2D eigenvalue weighted by molar-refractivity contribution is 6.31. The number of carbonyl (C=O) groups is 2. The number of nitrogens with one attached hydrogen (secondary N) is 1. The minimum atomic E-state index is -0.378. The van der Waals surface area contributed by atoms with Crippen LogP contribution in [0.1, 0.15) is 59.4 Å². The molecule has 1 aromatic carbocycles. The molecule has 3 aromatic heterocycles. The third kappa shape index (κ3) is 4.87. The second-order valence-corrected chi connectivity index (χ2v) is 10.5. The van der Waals surface area contributed by atoms with Crippen LogP contribution in [-0.2, 0) is 23.2 Å². The fraction of sp³-hybridized carbons (Fsp3) is 0.321. The second kappa shape index (κ2) is 10.0. The Kier molecular flexibility index (Phi) is 6.54. The van der Waals surface area contributed by atoms with Gasteiger partial charge in [-0.1, -0.05) is 11.6 Å². The lowest BCUT2D eigenvalue weighted by atomic mass is 10.0. The van der Waals surface area contributed by atoms with Gasteiger partial charge in [0, 0.05) is 65.8 Å². The number of ketones is 1. The lowest BCUT2D eigenvalue weighted by Gasteiger charge is -2.31. The molecule has 6 rings (SSSR count). The van der Waals surface area contributed by atoms with Crippen LogP contribution in [0.5, 0.6) is 0 Å². The van der Waals surface area contributed by atoms with Crippen LogP contribution >= 0.6 is 11.6 Å². The van der Waals surface area contributed by atoms with Gasteiger partial charge < -0.3 is 4.57 Å². The van der Waals surface area contributed by atoms with Crippen molar-refractivity contribution in [3.8, 4) is 0 Å². The zero-order valence-electron chi connectivity index (χ0n) is 21.9. The Morgan fingerprint density at radius 3 is 2.72 bits per heavy atom. The first-order valence-corrected chi connectivity index (χ1v) is 13.2. The molecule has 2 aliphatic rings. The number of fused-ring (bicyclic) bond motifs is 2. The minimum absolute atomic E-state index is 0.0232. The van der Waals surface area contributed by atoms with Gasteiger partial charge >= 0.3 is 0 Å². The Morgan fingerprint density at radius 2 is 2.00 bits per heavy atom. The van der Waals surface area contributed by atoms with E-state index in [-0.39, 0.29) is 23.7 Å². The van der Waals surface area contributed by atoms with Gasteiger partial charge in [0.05, 0.1) is 12.6 Å². The molecule has 0 radical (unpaired) electrons. The SMILES string of the molecule is CON1c2nc(NC(=O)CC3CC3)ncc2C(c2cc(C(C)=O)cn2C)N1Cc1ccnc2ccc(Cl)cc12. The Balaban J connectivity index is 1.44. The summed E-state index contributed by atoms with van der Waals surface area (Å²) in [4.78, 5) is 44.2. The van der Waals surface area contributed by atoms with E-state index < -0.39 is 0 Å². The first-order chi connectivity index (χ1) is 18.8. The average Bonchev–Trinajstić information content (AvgIpc) is 3.55. The maximum Gasteiger partial charge on any atom is 0.231 e. The van der Waals surface area contributed by atoms with Gasteiger partial charge in [-0.25, -0.2) is 4.98 Å². The summed E-state index contributed by atoms with van der Waals surface area (Å²) in [6, 6.07) is 9.07. The summed E-state index contributed by atoms with van der Waals surface area (Å²) in [6.45, 7) is 1.96. The molecular weight excluding hydrogens is 518 g/mol. The first kappa shape index (κ1) is 25.4. The number of aromatic nitrogens is 4. The van der Waals surface area contributed by atoms with E-state index in [1.54, 1.807) is 31.6 Å². The van der Waals surface area contributed by atoms with Gasteiger partial charge in [-0.05, 0) is 61.6 Å². The van der Waals surface area contributed by atoms with Gasteiger partial charge in [0.1, 0.15) is 6.04 Å². The van der Waals surface area contributed by atoms with Crippen LogP contribution in [0.25, 0.3) is 10.9 Å². The van der Waals surface area contributed by atoms with E-state index >= 15 is 0 Å². The van der Waals surface area contributed by atoms with Gasteiger partial charge in [0.25, 0.3) is 0 Å². The molecule has 200 valence electrons. The number of Topliss-reactive ketones (excluding diaryl/α,β-unsaturated/α-hetero) is 1. The monoisotopic (exact) mass is 545 g/mol. The average molecular weight is 546 g/mol. The van der Waals surface area contributed by atoms with E-state index in [0.717, 1.165) is 40.6 Å². The molecule has 1 unspecified atom stereocenters. The van der Waals surface area contributed by atoms with Gasteiger partial charge in [-0.2, -0.15) is 15.2 Å². The molecule has 11 heteroatoms. The molecule has 10 nitrogen and oxygen atoms in total. The number of hydrogen-bond acceptors (Lipinski definition) is 8. The van der Waals surface area contributed by atoms with Crippen molar-refractivity contribution >= 4 is 46.0 Å². The van der Waals surface area contributed by atoms with Crippen LogP contribution in [0.4, 0.5) is 11.8 Å². The summed E-state index contributed by atoms with van der Waals surface area (Å²) < 4.78 is 1.93. The molecule has 1 aliphatic heterocycles. The molecule has 39 heavy (non-hydrogen) atoms. The van der Waals surface area contributed by atoms with E-state index in [0.29, 0.717) is 35.3 Å². The molecule has 4 aromatic rings. The highest BCUT2D eigenvalue weighted by Gasteiger charge is 2.42. The Hall–Kier alpha value is -3.86. The number of carbonyl (C=O) groups excluding carboxylic acids is 2. The van der Waals surface area contributed by atoms with Crippen LogP contribution in [0.15, 0.2) is 48.9 Å². The first-order valence-electron chi connectivity index (χ1n) is 12.8. The van der Waals surface area contributed by atoms with Crippen LogP contribution in [0, 0.1) is 5.92 Å². The number of rotatable bonds is 8. The van der Waals surface area contributed by atoms with Gasteiger partial charge in [-0.15, -0.1) is 0 Å². The molecule has 1 amide bonds. The van der Waals surface area contributed by atoms with E-state index in [1.807, 2.05) is 53.2 Å². The molecular formula is C28H28ClN7O3. The molecule has 4 heterocycles. The number of anilines is 2. The summed E-state index contributed by atoms with van der Waals surface area (Å²) in [5.74, 6) is 1.07. The van der Waals surface area contributed by atoms with E-state index in [1.165, 1.54) is 0 Å². The maximum absolute atomic E-state index is 12.5. The smallest absolute Gasteiger partial charge is 0.231 e. The number of halogens is 1. The zero-order valence-corrected chi connectivity index (χ0v) is 22.6. The lowest BCUT2D eigenvalue weighted by Crippen LogP contribution is -2.39. The molecule has 1 fully saturated rings. The molecule has 1 saturated carbocycles. The Bertz CT molecular complexity index is 1600. The highest BCUT2D eigenvalue weighted by atomic mass is 35.5. The predicted molar refractivity (Wildman–Crippen MR) is 147 cm³/mol. The minimum Gasteiger partial charge on any atom is -0.352 e. The van der Waals surface area contributed by atoms with Crippen LogP contribution < -0.4 is 10.5 Å². The van der Waals surface area contributed by atoms with E-state index in [9.17, 15) is 9.59 Å². The van der Waals surface area contributed by atoms with Gasteiger partial charge in [0.2, 0.25) is 11.9 Å². The molecule has 1 atom stereocenters. The molecule has 0 saturated heterocycles. The van der Waals surface area contributed by atoms with E-state index in [2.05, 4.69) is 15.3 Å². The summed E-state index contributed by atoms with van der Waals surface area (Å²) >= 11 is 6.34. The summed E-state index contributed by atoms with van der Waals surface area (Å²) in [5.41, 5.74) is 4.06. The third-order valence-electron chi connectivity index (χ3n) is 7.25. The van der Waals surface area contributed by atoms with Gasteiger partial charge in [-0.3, -0.25) is 24.7 Å². The number of aryl methyl sites for hydroxylation is 1. The molecule has 0 spiro atoms. The molecule has 1 aliphatic carbocycles. The fourth-order valence-electron chi connectivity index (χ4n) is 5.13. The maximum atomic E-state index is 12.5. The molecule has 0 bridgehead atoms. The normalized spacial score (nSPS) is 17.0. The summed E-state index contributed by atoms with van der Waals surface area (Å²) in [7, 11) is 3.48. The van der Waals surface area contributed by atoms with Gasteiger partial charge in [0.15, 0.2) is 11.6 Å².